The van der Waals surface area contributed by atoms with Crippen LogP contribution in [0.4, 0.5) is 0 Å². The van der Waals surface area contributed by atoms with Crippen LogP contribution in [0.15, 0.2) is 22.3 Å². The lowest BCUT2D eigenvalue weighted by Crippen LogP contribution is -2.23. The minimum absolute atomic E-state index is 0. The Bertz CT molecular complexity index is 259. The normalized spacial score (nSPS) is 6.17. The highest BCUT2D eigenvalue weighted by Gasteiger charge is 1.82. The quantitative estimate of drug-likeness (QED) is 0.289. The van der Waals surface area contributed by atoms with E-state index in [1.165, 1.54) is 14.0 Å². The van der Waals surface area contributed by atoms with Gasteiger partial charge in [0, 0.05) is 14.0 Å². The molecule has 0 fully saturated rings. The number of guanidine groups is 2. The highest BCUT2D eigenvalue weighted by Crippen LogP contribution is 1.64. The van der Waals surface area contributed by atoms with Gasteiger partial charge in [0.25, 0.3) is 0 Å². The highest BCUT2D eigenvalue weighted by molar-refractivity contribution is 5.90. The molecule has 110 valence electrons. The Morgan fingerprint density at radius 1 is 0.944 bits per heavy atom. The second-order valence-electron chi connectivity index (χ2n) is 2.55. The Balaban J connectivity index is -0.0000000463. The van der Waals surface area contributed by atoms with Crippen molar-refractivity contribution in [2.24, 2.45) is 38.7 Å². The number of carbonyl (C=O) groups excluding carboxylic acids is 1. The second-order valence-corrected chi connectivity index (χ2v) is 2.55. The fourth-order valence-electron chi connectivity index (χ4n) is 0.182. The molecular weight excluding hydrogens is 234 g/mol. The number of nitrogens with two attached hydrogens (primary N) is 5. The van der Waals surface area contributed by atoms with E-state index in [1.807, 2.05) is 0 Å². The van der Waals surface area contributed by atoms with Crippen molar-refractivity contribution in [2.45, 2.75) is 28.7 Å². The van der Waals surface area contributed by atoms with E-state index in [0.717, 1.165) is 0 Å². The molecule has 0 aromatic heterocycles. The fourth-order valence-corrected chi connectivity index (χ4v) is 0.182. The lowest BCUT2D eigenvalue weighted by Gasteiger charge is -1.81. The molecule has 8 nitrogen and oxygen atoms in total. The van der Waals surface area contributed by atoms with Gasteiger partial charge in [-0.05, 0) is 12.6 Å². The summed E-state index contributed by atoms with van der Waals surface area (Å²) in [7, 11) is 1.54. The van der Waals surface area contributed by atoms with E-state index in [2.05, 4.69) is 16.6 Å². The third-order valence-corrected chi connectivity index (χ3v) is 0.545. The maximum atomic E-state index is 9.91. The van der Waals surface area contributed by atoms with Crippen LogP contribution in [0.2, 0.25) is 0 Å². The number of amides is 1. The molecule has 18 heavy (non-hydrogen) atoms. The van der Waals surface area contributed by atoms with Crippen molar-refractivity contribution in [3.05, 3.63) is 12.3 Å². The van der Waals surface area contributed by atoms with Crippen molar-refractivity contribution >= 4 is 17.8 Å². The molecule has 8 heteroatoms. The molecule has 0 aromatic carbocycles. The molecule has 0 saturated heterocycles. The summed E-state index contributed by atoms with van der Waals surface area (Å²) in [5.74, 6) is -0.433. The largest absolute Gasteiger partial charge is 0.403 e. The van der Waals surface area contributed by atoms with Crippen molar-refractivity contribution in [1.29, 1.82) is 0 Å². The average molecular weight is 263 g/mol. The van der Waals surface area contributed by atoms with Crippen molar-refractivity contribution in [3.63, 3.8) is 0 Å². The maximum Gasteiger partial charge on any atom is 0.245 e. The predicted octanol–water partition coefficient (Wildman–Crippen LogP) is -0.553. The van der Waals surface area contributed by atoms with Gasteiger partial charge in [0.15, 0.2) is 11.9 Å². The van der Waals surface area contributed by atoms with Gasteiger partial charge in [-0.1, -0.05) is 21.4 Å². The van der Waals surface area contributed by atoms with Gasteiger partial charge in [-0.15, -0.1) is 0 Å². The van der Waals surface area contributed by atoms with E-state index in [-0.39, 0.29) is 32.7 Å². The van der Waals surface area contributed by atoms with Crippen molar-refractivity contribution in [3.8, 4) is 0 Å². The Hall–Kier alpha value is -2.25. The van der Waals surface area contributed by atoms with E-state index < -0.39 is 0 Å². The lowest BCUT2D eigenvalue weighted by atomic mass is 10.6. The Morgan fingerprint density at radius 2 is 1.17 bits per heavy atom. The fraction of sp³-hybridized carbons (Fsp3) is 0.500. The number of carbonyl (C=O) groups is 1. The topological polar surface area (TPSA) is 172 Å². The van der Waals surface area contributed by atoms with Crippen LogP contribution in [0, 0.1) is 0 Å². The molecular formula is C10H29N7O. The van der Waals surface area contributed by atoms with Crippen LogP contribution in [0.25, 0.3) is 0 Å². The van der Waals surface area contributed by atoms with E-state index in [4.69, 9.17) is 28.7 Å². The first-order valence-electron chi connectivity index (χ1n) is 4.12. The zero-order valence-electron chi connectivity index (χ0n) is 9.90. The summed E-state index contributed by atoms with van der Waals surface area (Å²) < 4.78 is 0. The van der Waals surface area contributed by atoms with Crippen molar-refractivity contribution < 1.29 is 4.79 Å². The molecule has 0 atom stereocenters. The van der Waals surface area contributed by atoms with Gasteiger partial charge >= 0.3 is 0 Å². The number of hydrogen-bond donors (Lipinski definition) is 5. The molecule has 0 unspecified atom stereocenters. The summed E-state index contributed by atoms with van der Waals surface area (Å²) in [4.78, 5) is 16.4. The standard InChI is InChI=1S/C3H7N3O.C3H7N.C2H7N3.2CH4/c1-2(7)6-3(4)5;1-3(2)4;1-5-2(3)4;;/h1H3,(H4,4,5,6,7);1,4H2,2H3;1H3,(H4,3,4,5);2*1H4. The van der Waals surface area contributed by atoms with Crippen LogP contribution in [0.1, 0.15) is 28.7 Å². The van der Waals surface area contributed by atoms with Crippen molar-refractivity contribution in [2.75, 3.05) is 7.05 Å². The molecule has 0 saturated carbocycles. The molecule has 0 radical (unpaired) electrons. The summed E-state index contributed by atoms with van der Waals surface area (Å²) in [6, 6.07) is 0. The van der Waals surface area contributed by atoms with Crippen LogP contribution in [-0.4, -0.2) is 24.9 Å². The number of nitrogens with zero attached hydrogens (tertiary/aromatic N) is 2. The molecule has 10 N–H and O–H groups in total. The van der Waals surface area contributed by atoms with E-state index in [1.54, 1.807) is 6.92 Å². The van der Waals surface area contributed by atoms with E-state index >= 15 is 0 Å². The number of hydrogen-bond acceptors (Lipinski definition) is 3. The molecule has 0 spiro atoms. The van der Waals surface area contributed by atoms with E-state index in [9.17, 15) is 4.79 Å². The van der Waals surface area contributed by atoms with E-state index in [0.29, 0.717) is 5.70 Å². The van der Waals surface area contributed by atoms with Crippen LogP contribution >= 0.6 is 0 Å². The van der Waals surface area contributed by atoms with Gasteiger partial charge in [0.1, 0.15) is 0 Å². The molecule has 0 aromatic rings. The minimum atomic E-state index is -0.375. The van der Waals surface area contributed by atoms with Gasteiger partial charge in [0.05, 0.1) is 0 Å². The zero-order chi connectivity index (χ0) is 13.7. The van der Waals surface area contributed by atoms with Gasteiger partial charge in [-0.25, -0.2) is 0 Å². The first-order chi connectivity index (χ1) is 7.13. The molecule has 0 aliphatic rings. The van der Waals surface area contributed by atoms with Gasteiger partial charge in [-0.2, -0.15) is 4.99 Å². The first kappa shape index (κ1) is 29.7. The number of rotatable bonds is 0. The number of allylic oxidation sites excluding steroid dienone is 1. The summed E-state index contributed by atoms with van der Waals surface area (Å²) >= 11 is 0. The summed E-state index contributed by atoms with van der Waals surface area (Å²) in [5, 5.41) is 0. The van der Waals surface area contributed by atoms with Crippen molar-refractivity contribution in [1.82, 2.24) is 0 Å². The molecule has 0 aliphatic carbocycles. The third-order valence-electron chi connectivity index (χ3n) is 0.545. The Kier molecular flexibility index (Phi) is 33.3. The Morgan fingerprint density at radius 3 is 1.17 bits per heavy atom. The maximum absolute atomic E-state index is 9.91. The first-order valence-corrected chi connectivity index (χ1v) is 4.12. The van der Waals surface area contributed by atoms with Crippen LogP contribution in [-0.2, 0) is 4.79 Å². The monoisotopic (exact) mass is 263 g/mol. The summed E-state index contributed by atoms with van der Waals surface area (Å²) in [6.45, 7) is 6.36. The molecule has 1 amide bonds. The Labute approximate surface area is 110 Å². The summed E-state index contributed by atoms with van der Waals surface area (Å²) in [6.07, 6.45) is 0. The number of aliphatic imine (C=N–C) groups is 2. The molecule has 0 bridgehead atoms. The smallest absolute Gasteiger partial charge is 0.245 e. The molecule has 0 heterocycles. The highest BCUT2D eigenvalue weighted by atomic mass is 16.1. The lowest BCUT2D eigenvalue weighted by molar-refractivity contribution is -0.115. The predicted molar refractivity (Wildman–Crippen MR) is 80.7 cm³/mol. The minimum Gasteiger partial charge on any atom is -0.403 e. The summed E-state index contributed by atoms with van der Waals surface area (Å²) in [5.41, 5.74) is 24.8. The van der Waals surface area contributed by atoms with Gasteiger partial charge in [0.2, 0.25) is 5.91 Å². The molecule has 0 rings (SSSR count). The second kappa shape index (κ2) is 20.2. The zero-order valence-corrected chi connectivity index (χ0v) is 9.90. The average Bonchev–Trinajstić information content (AvgIpc) is 2.01. The molecule has 0 aliphatic heterocycles. The third kappa shape index (κ3) is 159. The van der Waals surface area contributed by atoms with Gasteiger partial charge < -0.3 is 28.7 Å². The van der Waals surface area contributed by atoms with Crippen LogP contribution < -0.4 is 28.7 Å². The van der Waals surface area contributed by atoms with Crippen LogP contribution in [0.5, 0.6) is 0 Å². The van der Waals surface area contributed by atoms with Crippen LogP contribution in [0.3, 0.4) is 0 Å². The SMILES string of the molecule is C.C.C=C(C)N.CC(=O)N=C(N)N.CN=C(N)N. The van der Waals surface area contributed by atoms with Gasteiger partial charge in [-0.3, -0.25) is 9.79 Å².